The molecule has 0 unspecified atom stereocenters. The Hall–Kier alpha value is -7.47. The summed E-state index contributed by atoms with van der Waals surface area (Å²) in [4.78, 5) is 15.8. The molecule has 0 amide bonds. The third-order valence-corrected chi connectivity index (χ3v) is 12.5. The van der Waals surface area contributed by atoms with Crippen LogP contribution in [0.25, 0.3) is 115 Å². The Morgan fingerprint density at radius 2 is 0.914 bits per heavy atom. The molecule has 0 radical (unpaired) electrons. The van der Waals surface area contributed by atoms with E-state index in [9.17, 15) is 0 Å². The van der Waals surface area contributed by atoms with E-state index in [0.717, 1.165) is 49.7 Å². The summed E-state index contributed by atoms with van der Waals surface area (Å²) in [5.74, 6) is 1.91. The van der Waals surface area contributed by atoms with Crippen molar-refractivity contribution in [3.05, 3.63) is 194 Å². The molecule has 0 saturated heterocycles. The maximum Gasteiger partial charge on any atom is 0.164 e. The number of thiophene rings is 1. The molecule has 0 saturated carbocycles. The molecule has 0 N–H and O–H groups in total. The zero-order valence-corrected chi connectivity index (χ0v) is 32.0. The van der Waals surface area contributed by atoms with E-state index >= 15 is 0 Å². The van der Waals surface area contributed by atoms with Crippen LogP contribution in [0.3, 0.4) is 0 Å². The van der Waals surface area contributed by atoms with Crippen molar-refractivity contribution < 1.29 is 0 Å². The fourth-order valence-corrected chi connectivity index (χ4v) is 9.75. The summed E-state index contributed by atoms with van der Waals surface area (Å²) in [5, 5.41) is 9.60. The van der Waals surface area contributed by atoms with Crippen molar-refractivity contribution in [3.8, 4) is 51.0 Å². The van der Waals surface area contributed by atoms with Crippen LogP contribution < -0.4 is 0 Å². The Morgan fingerprint density at radius 1 is 0.328 bits per heavy atom. The second-order valence-corrected chi connectivity index (χ2v) is 15.9. The van der Waals surface area contributed by atoms with Crippen molar-refractivity contribution in [2.45, 2.75) is 0 Å². The number of rotatable bonds is 5. The number of hydrogen-bond acceptors (Lipinski definition) is 4. The first kappa shape index (κ1) is 32.7. The van der Waals surface area contributed by atoms with Crippen LogP contribution in [-0.4, -0.2) is 19.5 Å². The lowest BCUT2D eigenvalue weighted by atomic mass is 10.0. The molecule has 270 valence electrons. The molecule has 12 rings (SSSR count). The van der Waals surface area contributed by atoms with Crippen LogP contribution in [0.1, 0.15) is 0 Å². The number of aromatic nitrogens is 4. The van der Waals surface area contributed by atoms with Crippen LogP contribution >= 0.6 is 11.3 Å². The van der Waals surface area contributed by atoms with Gasteiger partial charge >= 0.3 is 0 Å². The van der Waals surface area contributed by atoms with Crippen molar-refractivity contribution in [2.24, 2.45) is 0 Å². The third kappa shape index (κ3) is 5.32. The lowest BCUT2D eigenvalue weighted by Gasteiger charge is -2.15. The van der Waals surface area contributed by atoms with Gasteiger partial charge in [-0.2, -0.15) is 0 Å². The minimum Gasteiger partial charge on any atom is -0.309 e. The van der Waals surface area contributed by atoms with Gasteiger partial charge in [0.15, 0.2) is 17.5 Å². The zero-order valence-electron chi connectivity index (χ0n) is 31.2. The van der Waals surface area contributed by atoms with E-state index in [4.69, 9.17) is 15.0 Å². The molecule has 0 bridgehead atoms. The first-order valence-corrected chi connectivity index (χ1v) is 20.3. The summed E-state index contributed by atoms with van der Waals surface area (Å²) < 4.78 is 4.88. The Labute approximate surface area is 338 Å². The molecule has 5 heteroatoms. The quantitative estimate of drug-likeness (QED) is 0.176. The van der Waals surface area contributed by atoms with E-state index in [1.165, 1.54) is 47.3 Å². The third-order valence-electron chi connectivity index (χ3n) is 11.4. The summed E-state index contributed by atoms with van der Waals surface area (Å²) >= 11 is 1.80. The molecule has 4 nitrogen and oxygen atoms in total. The number of para-hydroxylation sites is 1. The maximum atomic E-state index is 5.34. The van der Waals surface area contributed by atoms with Crippen molar-refractivity contribution >= 4 is 74.9 Å². The van der Waals surface area contributed by atoms with Crippen molar-refractivity contribution in [1.29, 1.82) is 0 Å². The van der Waals surface area contributed by atoms with Crippen molar-refractivity contribution in [1.82, 2.24) is 19.5 Å². The normalized spacial score (nSPS) is 11.8. The van der Waals surface area contributed by atoms with E-state index in [-0.39, 0.29) is 0 Å². The van der Waals surface area contributed by atoms with Crippen LogP contribution in [0, 0.1) is 0 Å². The predicted octanol–water partition coefficient (Wildman–Crippen LogP) is 14.3. The molecule has 0 fully saturated rings. The Morgan fingerprint density at radius 3 is 1.74 bits per heavy atom. The minimum atomic E-state index is 0.632. The van der Waals surface area contributed by atoms with E-state index in [1.807, 2.05) is 6.07 Å². The first-order chi connectivity index (χ1) is 28.7. The first-order valence-electron chi connectivity index (χ1n) is 19.5. The highest BCUT2D eigenvalue weighted by Crippen LogP contribution is 2.40. The standard InChI is InChI=1S/C53H32N4S/c1-2-12-33(13-3-1)34-22-24-35(25-23-34)51-54-52(39-26-27-44-43-19-9-11-21-49(43)58-50(44)31-39)56-53(55-51)46-32-40(28-38-16-6-7-17-41(38)46)57-47-20-10-8-18-42(47)45-29-36-14-4-5-15-37(36)30-48(45)57/h1-32H. The molecule has 0 aliphatic rings. The molecule has 58 heavy (non-hydrogen) atoms. The molecule has 0 atom stereocenters. The lowest BCUT2D eigenvalue weighted by Crippen LogP contribution is -2.02. The van der Waals surface area contributed by atoms with Gasteiger partial charge in [0.2, 0.25) is 0 Å². The van der Waals surface area contributed by atoms with Gasteiger partial charge in [-0.15, -0.1) is 11.3 Å². The van der Waals surface area contributed by atoms with Crippen molar-refractivity contribution in [3.63, 3.8) is 0 Å². The summed E-state index contributed by atoms with van der Waals surface area (Å²) in [7, 11) is 0. The molecular formula is C53H32N4S. The van der Waals surface area contributed by atoms with Gasteiger partial charge < -0.3 is 4.57 Å². The van der Waals surface area contributed by atoms with E-state index in [2.05, 4.69) is 193 Å². The fourth-order valence-electron chi connectivity index (χ4n) is 8.60. The van der Waals surface area contributed by atoms with Gasteiger partial charge in [0, 0.05) is 53.3 Å². The maximum absolute atomic E-state index is 5.34. The average Bonchev–Trinajstić information content (AvgIpc) is 3.83. The van der Waals surface area contributed by atoms with Crippen LogP contribution in [0.5, 0.6) is 0 Å². The topological polar surface area (TPSA) is 43.6 Å². The van der Waals surface area contributed by atoms with Crippen LogP contribution in [-0.2, 0) is 0 Å². The van der Waals surface area contributed by atoms with Crippen LogP contribution in [0.15, 0.2) is 194 Å². The fraction of sp³-hybridized carbons (Fsp3) is 0. The monoisotopic (exact) mass is 756 g/mol. The Kier molecular flexibility index (Phi) is 7.37. The smallest absolute Gasteiger partial charge is 0.164 e. The van der Waals surface area contributed by atoms with Gasteiger partial charge in [0.25, 0.3) is 0 Å². The molecule has 12 aromatic rings. The number of benzene rings is 9. The summed E-state index contributed by atoms with van der Waals surface area (Å²) in [6.07, 6.45) is 0. The van der Waals surface area contributed by atoms with Crippen molar-refractivity contribution in [2.75, 3.05) is 0 Å². The Balaban J connectivity index is 1.10. The summed E-state index contributed by atoms with van der Waals surface area (Å²) in [6.45, 7) is 0. The highest BCUT2D eigenvalue weighted by Gasteiger charge is 2.19. The molecule has 0 aliphatic heterocycles. The Bertz CT molecular complexity index is 3560. The lowest BCUT2D eigenvalue weighted by molar-refractivity contribution is 1.07. The minimum absolute atomic E-state index is 0.632. The van der Waals surface area contributed by atoms with Gasteiger partial charge in [0.1, 0.15) is 0 Å². The molecule has 0 spiro atoms. The molecule has 0 aliphatic carbocycles. The molecule has 3 aromatic heterocycles. The van der Waals surface area contributed by atoms with Crippen LogP contribution in [0.2, 0.25) is 0 Å². The van der Waals surface area contributed by atoms with Gasteiger partial charge in [-0.3, -0.25) is 0 Å². The van der Waals surface area contributed by atoms with E-state index in [0.29, 0.717) is 17.5 Å². The second kappa shape index (κ2) is 13.1. The van der Waals surface area contributed by atoms with Gasteiger partial charge in [-0.05, 0) is 75.1 Å². The largest absolute Gasteiger partial charge is 0.309 e. The highest BCUT2D eigenvalue weighted by atomic mass is 32.1. The zero-order chi connectivity index (χ0) is 38.2. The summed E-state index contributed by atoms with van der Waals surface area (Å²) in [5.41, 5.74) is 8.53. The van der Waals surface area contributed by atoms with E-state index < -0.39 is 0 Å². The second-order valence-electron chi connectivity index (χ2n) is 14.8. The van der Waals surface area contributed by atoms with E-state index in [1.54, 1.807) is 11.3 Å². The number of fused-ring (bicyclic) bond motifs is 8. The SMILES string of the molecule is c1ccc(-c2ccc(-c3nc(-c4ccc5c(c4)sc4ccccc45)nc(-c4cc(-n5c6ccccc6c6cc7ccccc7cc65)cc5ccccc45)n3)cc2)cc1. The highest BCUT2D eigenvalue weighted by molar-refractivity contribution is 7.25. The predicted molar refractivity (Wildman–Crippen MR) is 244 cm³/mol. The number of nitrogens with zero attached hydrogens (tertiary/aromatic N) is 4. The van der Waals surface area contributed by atoms with Gasteiger partial charge in [-0.25, -0.2) is 15.0 Å². The van der Waals surface area contributed by atoms with Gasteiger partial charge in [-0.1, -0.05) is 152 Å². The number of hydrogen-bond donors (Lipinski definition) is 0. The molecule has 9 aromatic carbocycles. The molecule has 3 heterocycles. The van der Waals surface area contributed by atoms with Crippen LogP contribution in [0.4, 0.5) is 0 Å². The summed E-state index contributed by atoms with van der Waals surface area (Å²) in [6, 6.07) is 69.3. The van der Waals surface area contributed by atoms with Gasteiger partial charge in [0.05, 0.1) is 11.0 Å². The molecular weight excluding hydrogens is 725 g/mol. The average molecular weight is 757 g/mol.